The summed E-state index contributed by atoms with van der Waals surface area (Å²) in [7, 11) is 0. The van der Waals surface area contributed by atoms with E-state index in [1.807, 2.05) is 0 Å². The normalized spacial score (nSPS) is 24.5. The Labute approximate surface area is 131 Å². The molecule has 1 amide bonds. The summed E-state index contributed by atoms with van der Waals surface area (Å²) in [6.45, 7) is 13.4. The second-order valence-corrected chi connectivity index (χ2v) is 7.47. The van der Waals surface area contributed by atoms with Crippen LogP contribution in [0.3, 0.4) is 0 Å². The van der Waals surface area contributed by atoms with Crippen LogP contribution in [-0.2, 0) is 4.79 Å². The Morgan fingerprint density at radius 2 is 1.57 bits per heavy atom. The van der Waals surface area contributed by atoms with Crippen LogP contribution in [0.1, 0.15) is 59.8 Å². The summed E-state index contributed by atoms with van der Waals surface area (Å²) in [5.74, 6) is 2.32. The number of piperidine rings is 2. The molecule has 0 spiro atoms. The Hall–Kier alpha value is -0.570. The third-order valence-electron chi connectivity index (χ3n) is 5.89. The summed E-state index contributed by atoms with van der Waals surface area (Å²) in [4.78, 5) is 17.4. The molecule has 0 bridgehead atoms. The molecule has 0 aromatic heterocycles. The van der Waals surface area contributed by atoms with E-state index in [0.29, 0.717) is 17.9 Å². The average Bonchev–Trinajstić information content (AvgIpc) is 2.53. The van der Waals surface area contributed by atoms with Crippen molar-refractivity contribution in [3.8, 4) is 0 Å². The molecular formula is C18H34N2O. The zero-order chi connectivity index (χ0) is 15.4. The van der Waals surface area contributed by atoms with Crippen LogP contribution in [0.15, 0.2) is 0 Å². The molecule has 2 saturated heterocycles. The first-order valence-electron chi connectivity index (χ1n) is 9.05. The molecule has 0 radical (unpaired) electrons. The highest BCUT2D eigenvalue weighted by atomic mass is 16.2. The Morgan fingerprint density at radius 3 is 2.05 bits per heavy atom. The molecule has 0 aromatic carbocycles. The first-order valence-corrected chi connectivity index (χ1v) is 9.05. The first-order chi connectivity index (χ1) is 10.0. The van der Waals surface area contributed by atoms with Crippen molar-refractivity contribution in [2.45, 2.75) is 65.8 Å². The number of rotatable bonds is 4. The second kappa shape index (κ2) is 7.62. The molecule has 2 rings (SSSR count). The van der Waals surface area contributed by atoms with Gasteiger partial charge in [0.15, 0.2) is 0 Å². The van der Waals surface area contributed by atoms with Crippen LogP contribution in [0.25, 0.3) is 0 Å². The van der Waals surface area contributed by atoms with Gasteiger partial charge in [-0.3, -0.25) is 4.79 Å². The third kappa shape index (κ3) is 4.21. The fourth-order valence-corrected chi connectivity index (χ4v) is 3.89. The Bertz CT molecular complexity index is 326. The van der Waals surface area contributed by atoms with Gasteiger partial charge in [-0.2, -0.15) is 0 Å². The van der Waals surface area contributed by atoms with Crippen molar-refractivity contribution >= 4 is 5.91 Å². The molecule has 21 heavy (non-hydrogen) atoms. The average molecular weight is 294 g/mol. The number of likely N-dealkylation sites (tertiary alicyclic amines) is 2. The first kappa shape index (κ1) is 16.8. The minimum Gasteiger partial charge on any atom is -0.342 e. The molecule has 3 nitrogen and oxygen atoms in total. The third-order valence-corrected chi connectivity index (χ3v) is 5.89. The molecule has 122 valence electrons. The minimum absolute atomic E-state index is 0.293. The highest BCUT2D eigenvalue weighted by Gasteiger charge is 2.32. The maximum Gasteiger partial charge on any atom is 0.225 e. The van der Waals surface area contributed by atoms with Gasteiger partial charge in [0, 0.05) is 25.0 Å². The number of carbonyl (C=O) groups excluding carboxylic acids is 1. The second-order valence-electron chi connectivity index (χ2n) is 7.47. The zero-order valence-electron chi connectivity index (χ0n) is 14.5. The quantitative estimate of drug-likeness (QED) is 0.793. The van der Waals surface area contributed by atoms with Crippen molar-refractivity contribution in [2.24, 2.45) is 17.8 Å². The maximum absolute atomic E-state index is 12.7. The van der Waals surface area contributed by atoms with Gasteiger partial charge in [0.25, 0.3) is 0 Å². The van der Waals surface area contributed by atoms with Crippen molar-refractivity contribution in [3.05, 3.63) is 0 Å². The molecule has 1 unspecified atom stereocenters. The lowest BCUT2D eigenvalue weighted by molar-refractivity contribution is -0.138. The van der Waals surface area contributed by atoms with Gasteiger partial charge in [-0.25, -0.2) is 0 Å². The number of nitrogens with zero attached hydrogens (tertiary/aromatic N) is 2. The van der Waals surface area contributed by atoms with Crippen LogP contribution >= 0.6 is 0 Å². The van der Waals surface area contributed by atoms with Gasteiger partial charge in [0.05, 0.1) is 0 Å². The molecule has 1 atom stereocenters. The van der Waals surface area contributed by atoms with Gasteiger partial charge in [-0.1, -0.05) is 20.8 Å². The molecule has 2 aliphatic heterocycles. The van der Waals surface area contributed by atoms with Gasteiger partial charge in [0.1, 0.15) is 0 Å². The van der Waals surface area contributed by atoms with E-state index in [1.54, 1.807) is 0 Å². The summed E-state index contributed by atoms with van der Waals surface area (Å²) in [6.07, 6.45) is 5.74. The van der Waals surface area contributed by atoms with Crippen LogP contribution in [-0.4, -0.2) is 47.9 Å². The monoisotopic (exact) mass is 294 g/mol. The Balaban J connectivity index is 1.78. The van der Waals surface area contributed by atoms with E-state index in [2.05, 4.69) is 37.5 Å². The predicted molar refractivity (Wildman–Crippen MR) is 88.2 cm³/mol. The Morgan fingerprint density at radius 1 is 1.00 bits per heavy atom. The number of carbonyl (C=O) groups is 1. The molecule has 0 aliphatic carbocycles. The van der Waals surface area contributed by atoms with E-state index in [4.69, 9.17) is 0 Å². The SMILES string of the molecule is CCC(C)N1CCC(C(=O)N2CCC(C(C)C)CC2)CC1. The van der Waals surface area contributed by atoms with Gasteiger partial charge in [0.2, 0.25) is 5.91 Å². The van der Waals surface area contributed by atoms with Gasteiger partial charge in [-0.05, 0) is 64.0 Å². The lowest BCUT2D eigenvalue weighted by atomic mass is 9.85. The number of hydrogen-bond donors (Lipinski definition) is 0. The summed E-state index contributed by atoms with van der Waals surface area (Å²) in [6, 6.07) is 0.669. The van der Waals surface area contributed by atoms with Crippen molar-refractivity contribution in [2.75, 3.05) is 26.2 Å². The van der Waals surface area contributed by atoms with Crippen molar-refractivity contribution in [1.82, 2.24) is 9.80 Å². The van der Waals surface area contributed by atoms with Crippen molar-refractivity contribution < 1.29 is 4.79 Å². The highest BCUT2D eigenvalue weighted by molar-refractivity contribution is 5.79. The molecule has 2 heterocycles. The number of hydrogen-bond acceptors (Lipinski definition) is 2. The summed E-state index contributed by atoms with van der Waals surface area (Å²) in [5.41, 5.74) is 0. The van der Waals surface area contributed by atoms with E-state index in [0.717, 1.165) is 50.9 Å². The number of amides is 1. The van der Waals surface area contributed by atoms with Crippen LogP contribution in [0, 0.1) is 17.8 Å². The van der Waals surface area contributed by atoms with E-state index < -0.39 is 0 Å². The molecule has 0 aromatic rings. The molecule has 2 fully saturated rings. The lowest BCUT2D eigenvalue weighted by Gasteiger charge is -2.39. The molecule has 0 N–H and O–H groups in total. The van der Waals surface area contributed by atoms with Crippen LogP contribution in [0.2, 0.25) is 0 Å². The molecule has 0 saturated carbocycles. The fraction of sp³-hybridized carbons (Fsp3) is 0.944. The van der Waals surface area contributed by atoms with Crippen molar-refractivity contribution in [1.29, 1.82) is 0 Å². The smallest absolute Gasteiger partial charge is 0.225 e. The van der Waals surface area contributed by atoms with Gasteiger partial charge >= 0.3 is 0 Å². The minimum atomic E-state index is 0.293. The predicted octanol–water partition coefficient (Wildman–Crippen LogP) is 3.39. The summed E-state index contributed by atoms with van der Waals surface area (Å²) >= 11 is 0. The van der Waals surface area contributed by atoms with Crippen molar-refractivity contribution in [3.63, 3.8) is 0 Å². The zero-order valence-corrected chi connectivity index (χ0v) is 14.5. The van der Waals surface area contributed by atoms with E-state index >= 15 is 0 Å². The summed E-state index contributed by atoms with van der Waals surface area (Å²) in [5, 5.41) is 0. The fourth-order valence-electron chi connectivity index (χ4n) is 3.89. The van der Waals surface area contributed by atoms with E-state index in [9.17, 15) is 4.79 Å². The lowest BCUT2D eigenvalue weighted by Crippen LogP contribution is -2.47. The standard InChI is InChI=1S/C18H34N2O/c1-5-15(4)19-10-8-17(9-11-19)18(21)20-12-6-16(7-13-20)14(2)3/h14-17H,5-13H2,1-4H3. The van der Waals surface area contributed by atoms with Gasteiger partial charge in [-0.15, -0.1) is 0 Å². The maximum atomic E-state index is 12.7. The summed E-state index contributed by atoms with van der Waals surface area (Å²) < 4.78 is 0. The van der Waals surface area contributed by atoms with Crippen LogP contribution < -0.4 is 0 Å². The van der Waals surface area contributed by atoms with Crippen LogP contribution in [0.4, 0.5) is 0 Å². The molecule has 2 aliphatic rings. The highest BCUT2D eigenvalue weighted by Crippen LogP contribution is 2.27. The van der Waals surface area contributed by atoms with Crippen LogP contribution in [0.5, 0.6) is 0 Å². The van der Waals surface area contributed by atoms with E-state index in [-0.39, 0.29) is 0 Å². The molecular weight excluding hydrogens is 260 g/mol. The van der Waals surface area contributed by atoms with E-state index in [1.165, 1.54) is 19.3 Å². The molecule has 3 heteroatoms. The Kier molecular flexibility index (Phi) is 6.09. The van der Waals surface area contributed by atoms with Gasteiger partial charge < -0.3 is 9.80 Å². The topological polar surface area (TPSA) is 23.6 Å². The largest absolute Gasteiger partial charge is 0.342 e.